The summed E-state index contributed by atoms with van der Waals surface area (Å²) in [5.41, 5.74) is 2.89. The second-order valence-electron chi connectivity index (χ2n) is 4.49. The number of rotatable bonds is 1. The molecule has 2 aliphatic rings. The normalized spacial score (nSPS) is 29.8. The van der Waals surface area contributed by atoms with Gasteiger partial charge in [0.15, 0.2) is 0 Å². The standard InChI is InChI=1S/C13H18N2O/c1-2-4-11-10(3-1)5-6-15-13(11)12-9-14-7-8-16-12/h1-4,12-15H,5-9H2. The van der Waals surface area contributed by atoms with Gasteiger partial charge in [0.05, 0.1) is 18.8 Å². The number of ether oxygens (including phenoxy) is 1. The predicted molar refractivity (Wildman–Crippen MR) is 63.5 cm³/mol. The highest BCUT2D eigenvalue weighted by atomic mass is 16.5. The number of nitrogens with one attached hydrogen (secondary N) is 2. The molecule has 2 unspecified atom stereocenters. The first kappa shape index (κ1) is 10.3. The largest absolute Gasteiger partial charge is 0.374 e. The summed E-state index contributed by atoms with van der Waals surface area (Å²) in [7, 11) is 0. The Hall–Kier alpha value is -0.900. The Morgan fingerprint density at radius 1 is 1.19 bits per heavy atom. The van der Waals surface area contributed by atoms with Crippen LogP contribution >= 0.6 is 0 Å². The van der Waals surface area contributed by atoms with Gasteiger partial charge < -0.3 is 15.4 Å². The number of hydrogen-bond acceptors (Lipinski definition) is 3. The van der Waals surface area contributed by atoms with Crippen LogP contribution in [0.15, 0.2) is 24.3 Å². The van der Waals surface area contributed by atoms with Crippen molar-refractivity contribution in [1.82, 2.24) is 10.6 Å². The molecule has 3 rings (SSSR count). The third kappa shape index (κ3) is 1.86. The zero-order chi connectivity index (χ0) is 10.8. The molecule has 0 aliphatic carbocycles. The van der Waals surface area contributed by atoms with Crippen LogP contribution in [0.4, 0.5) is 0 Å². The molecule has 16 heavy (non-hydrogen) atoms. The van der Waals surface area contributed by atoms with Crippen molar-refractivity contribution in [3.05, 3.63) is 35.4 Å². The fraction of sp³-hybridized carbons (Fsp3) is 0.538. The molecule has 0 amide bonds. The van der Waals surface area contributed by atoms with Crippen LogP contribution in [0.5, 0.6) is 0 Å². The molecule has 0 saturated carbocycles. The lowest BCUT2D eigenvalue weighted by Crippen LogP contribution is -2.47. The van der Waals surface area contributed by atoms with Crippen LogP contribution in [0.3, 0.4) is 0 Å². The molecule has 1 aromatic carbocycles. The second kappa shape index (κ2) is 4.53. The zero-order valence-corrected chi connectivity index (χ0v) is 9.41. The quantitative estimate of drug-likeness (QED) is 0.733. The van der Waals surface area contributed by atoms with Crippen molar-refractivity contribution in [3.8, 4) is 0 Å². The van der Waals surface area contributed by atoms with Crippen molar-refractivity contribution in [3.63, 3.8) is 0 Å². The van der Waals surface area contributed by atoms with Gasteiger partial charge in [-0.05, 0) is 24.1 Å². The van der Waals surface area contributed by atoms with Gasteiger partial charge in [0.25, 0.3) is 0 Å². The summed E-state index contributed by atoms with van der Waals surface area (Å²) in [6.45, 7) is 3.81. The molecule has 86 valence electrons. The van der Waals surface area contributed by atoms with Crippen molar-refractivity contribution < 1.29 is 4.74 Å². The van der Waals surface area contributed by atoms with Crippen molar-refractivity contribution in [2.45, 2.75) is 18.6 Å². The average molecular weight is 218 g/mol. The van der Waals surface area contributed by atoms with Gasteiger partial charge in [-0.25, -0.2) is 0 Å². The molecule has 1 aromatic rings. The van der Waals surface area contributed by atoms with E-state index in [2.05, 4.69) is 34.9 Å². The third-order valence-electron chi connectivity index (χ3n) is 3.48. The first-order valence-corrected chi connectivity index (χ1v) is 6.08. The Balaban J connectivity index is 1.86. The average Bonchev–Trinajstić information content (AvgIpc) is 2.39. The smallest absolute Gasteiger partial charge is 0.0894 e. The van der Waals surface area contributed by atoms with E-state index in [0.717, 1.165) is 32.7 Å². The number of morpholine rings is 1. The lowest BCUT2D eigenvalue weighted by Gasteiger charge is -2.35. The van der Waals surface area contributed by atoms with Crippen LogP contribution in [0.2, 0.25) is 0 Å². The molecule has 2 N–H and O–H groups in total. The molecular formula is C13H18N2O. The summed E-state index contributed by atoms with van der Waals surface area (Å²) in [5.74, 6) is 0. The molecule has 0 bridgehead atoms. The number of hydrogen-bond donors (Lipinski definition) is 2. The minimum Gasteiger partial charge on any atom is -0.374 e. The van der Waals surface area contributed by atoms with Crippen LogP contribution in [-0.2, 0) is 11.2 Å². The summed E-state index contributed by atoms with van der Waals surface area (Å²) in [4.78, 5) is 0. The molecule has 0 radical (unpaired) electrons. The van der Waals surface area contributed by atoms with Gasteiger partial charge in [0, 0.05) is 13.1 Å². The van der Waals surface area contributed by atoms with Crippen molar-refractivity contribution in [1.29, 1.82) is 0 Å². The zero-order valence-electron chi connectivity index (χ0n) is 9.41. The van der Waals surface area contributed by atoms with Crippen molar-refractivity contribution in [2.24, 2.45) is 0 Å². The fourth-order valence-electron chi connectivity index (χ4n) is 2.67. The summed E-state index contributed by atoms with van der Waals surface area (Å²) in [5, 5.41) is 6.98. The van der Waals surface area contributed by atoms with E-state index in [1.165, 1.54) is 11.1 Å². The van der Waals surface area contributed by atoms with Crippen molar-refractivity contribution >= 4 is 0 Å². The van der Waals surface area contributed by atoms with Crippen LogP contribution in [-0.4, -0.2) is 32.3 Å². The SMILES string of the molecule is c1ccc2c(c1)CCNC2C1CNCCO1. The topological polar surface area (TPSA) is 33.3 Å². The van der Waals surface area contributed by atoms with Crippen LogP contribution in [0.25, 0.3) is 0 Å². The molecular weight excluding hydrogens is 200 g/mol. The van der Waals surface area contributed by atoms with E-state index in [1.807, 2.05) is 0 Å². The van der Waals surface area contributed by atoms with E-state index in [1.54, 1.807) is 0 Å². The predicted octanol–water partition coefficient (Wildman–Crippen LogP) is 0.862. The molecule has 0 spiro atoms. The van der Waals surface area contributed by atoms with Gasteiger partial charge in [0.1, 0.15) is 0 Å². The first-order valence-electron chi connectivity index (χ1n) is 6.08. The minimum absolute atomic E-state index is 0.273. The van der Waals surface area contributed by atoms with Gasteiger partial charge in [-0.3, -0.25) is 0 Å². The third-order valence-corrected chi connectivity index (χ3v) is 3.48. The monoisotopic (exact) mass is 218 g/mol. The number of benzene rings is 1. The molecule has 2 atom stereocenters. The fourth-order valence-corrected chi connectivity index (χ4v) is 2.67. The summed E-state index contributed by atoms with van der Waals surface area (Å²) in [6.07, 6.45) is 1.41. The second-order valence-corrected chi connectivity index (χ2v) is 4.49. The summed E-state index contributed by atoms with van der Waals surface area (Å²) >= 11 is 0. The molecule has 2 heterocycles. The van der Waals surface area contributed by atoms with E-state index in [0.29, 0.717) is 6.04 Å². The highest BCUT2D eigenvalue weighted by Gasteiger charge is 2.29. The Morgan fingerprint density at radius 3 is 3.00 bits per heavy atom. The Kier molecular flexibility index (Phi) is 2.91. The Bertz CT molecular complexity index is 361. The van der Waals surface area contributed by atoms with E-state index in [9.17, 15) is 0 Å². The van der Waals surface area contributed by atoms with Gasteiger partial charge in [0.2, 0.25) is 0 Å². The molecule has 1 fully saturated rings. The molecule has 3 nitrogen and oxygen atoms in total. The molecule has 2 aliphatic heterocycles. The Labute approximate surface area is 96.2 Å². The van der Waals surface area contributed by atoms with E-state index in [4.69, 9.17) is 4.74 Å². The maximum Gasteiger partial charge on any atom is 0.0894 e. The van der Waals surface area contributed by atoms with E-state index >= 15 is 0 Å². The van der Waals surface area contributed by atoms with Crippen LogP contribution < -0.4 is 10.6 Å². The minimum atomic E-state index is 0.273. The Morgan fingerprint density at radius 2 is 2.12 bits per heavy atom. The maximum absolute atomic E-state index is 5.85. The lowest BCUT2D eigenvalue weighted by molar-refractivity contribution is 0.00238. The van der Waals surface area contributed by atoms with Gasteiger partial charge in [-0.1, -0.05) is 24.3 Å². The van der Waals surface area contributed by atoms with Crippen LogP contribution in [0, 0.1) is 0 Å². The highest BCUT2D eigenvalue weighted by Crippen LogP contribution is 2.27. The lowest BCUT2D eigenvalue weighted by atomic mass is 9.91. The van der Waals surface area contributed by atoms with Gasteiger partial charge >= 0.3 is 0 Å². The summed E-state index contributed by atoms with van der Waals surface area (Å²) in [6, 6.07) is 9.07. The molecule has 3 heteroatoms. The molecule has 0 aromatic heterocycles. The molecule has 1 saturated heterocycles. The van der Waals surface area contributed by atoms with Crippen molar-refractivity contribution in [2.75, 3.05) is 26.2 Å². The maximum atomic E-state index is 5.85. The number of fused-ring (bicyclic) bond motifs is 1. The van der Waals surface area contributed by atoms with Gasteiger partial charge in [-0.15, -0.1) is 0 Å². The summed E-state index contributed by atoms with van der Waals surface area (Å²) < 4.78 is 5.85. The highest BCUT2D eigenvalue weighted by molar-refractivity contribution is 5.33. The van der Waals surface area contributed by atoms with Gasteiger partial charge in [-0.2, -0.15) is 0 Å². The van der Waals surface area contributed by atoms with Crippen LogP contribution in [0.1, 0.15) is 17.2 Å². The van der Waals surface area contributed by atoms with E-state index in [-0.39, 0.29) is 6.10 Å². The van der Waals surface area contributed by atoms with E-state index < -0.39 is 0 Å². The first-order chi connectivity index (χ1) is 7.95.